The molecular weight excluding hydrogens is 310 g/mol. The first kappa shape index (κ1) is 17.4. The molecule has 0 saturated heterocycles. The van der Waals surface area contributed by atoms with Crippen molar-refractivity contribution in [2.75, 3.05) is 24.2 Å². The lowest BCUT2D eigenvalue weighted by molar-refractivity contribution is -0.117. The van der Waals surface area contributed by atoms with Gasteiger partial charge in [-0.1, -0.05) is 43.0 Å². The van der Waals surface area contributed by atoms with Gasteiger partial charge in [0.2, 0.25) is 11.0 Å². The van der Waals surface area contributed by atoms with Crippen molar-refractivity contribution in [3.8, 4) is 0 Å². The van der Waals surface area contributed by atoms with Crippen molar-refractivity contribution in [3.05, 3.63) is 12.7 Å². The van der Waals surface area contributed by atoms with Gasteiger partial charge in [-0.15, -0.1) is 16.8 Å². The number of anilines is 1. The number of rotatable bonds is 8. The first-order valence-electron chi connectivity index (χ1n) is 6.40. The minimum Gasteiger partial charge on any atom is -0.357 e. The van der Waals surface area contributed by atoms with Crippen LogP contribution in [0.1, 0.15) is 13.8 Å². The predicted molar refractivity (Wildman–Crippen MR) is 85.7 cm³/mol. The van der Waals surface area contributed by atoms with E-state index in [1.807, 2.05) is 13.8 Å². The van der Waals surface area contributed by atoms with Crippen LogP contribution in [0.3, 0.4) is 0 Å². The summed E-state index contributed by atoms with van der Waals surface area (Å²) >= 11 is 2.59. The van der Waals surface area contributed by atoms with Crippen molar-refractivity contribution < 1.29 is 9.59 Å². The van der Waals surface area contributed by atoms with E-state index < -0.39 is 6.03 Å². The molecule has 1 aromatic rings. The minimum absolute atomic E-state index is 0.116. The highest BCUT2D eigenvalue weighted by molar-refractivity contribution is 8.01. The second-order valence-corrected chi connectivity index (χ2v) is 6.68. The van der Waals surface area contributed by atoms with Crippen LogP contribution in [0.4, 0.5) is 9.93 Å². The molecule has 1 aromatic heterocycles. The molecule has 0 spiro atoms. The van der Waals surface area contributed by atoms with Crippen LogP contribution in [-0.2, 0) is 4.79 Å². The number of nitrogens with zero attached hydrogens (tertiary/aromatic N) is 2. The van der Waals surface area contributed by atoms with Gasteiger partial charge in [0, 0.05) is 13.1 Å². The third-order valence-corrected chi connectivity index (χ3v) is 4.07. The van der Waals surface area contributed by atoms with Crippen molar-refractivity contribution in [2.45, 2.75) is 18.2 Å². The van der Waals surface area contributed by atoms with Gasteiger partial charge >= 0.3 is 6.03 Å². The van der Waals surface area contributed by atoms with E-state index in [-0.39, 0.29) is 11.7 Å². The molecular formula is C12H19N5O2S2. The SMILES string of the molecule is C=CCNc1nnc(SCC(=O)NC(=O)NCC(C)C)s1. The average Bonchev–Trinajstić information content (AvgIpc) is 2.88. The van der Waals surface area contributed by atoms with Gasteiger partial charge in [-0.05, 0) is 5.92 Å². The van der Waals surface area contributed by atoms with Gasteiger partial charge in [0.25, 0.3) is 0 Å². The summed E-state index contributed by atoms with van der Waals surface area (Å²) in [7, 11) is 0. The van der Waals surface area contributed by atoms with Crippen molar-refractivity contribution in [1.82, 2.24) is 20.8 Å². The molecule has 3 N–H and O–H groups in total. The van der Waals surface area contributed by atoms with Gasteiger partial charge in [0.05, 0.1) is 5.75 Å². The van der Waals surface area contributed by atoms with Crippen LogP contribution in [0, 0.1) is 5.92 Å². The molecule has 0 saturated carbocycles. The quantitative estimate of drug-likeness (QED) is 0.496. The summed E-state index contributed by atoms with van der Waals surface area (Å²) in [6.45, 7) is 8.68. The molecule has 9 heteroatoms. The van der Waals surface area contributed by atoms with Crippen LogP contribution in [-0.4, -0.2) is 41.0 Å². The zero-order chi connectivity index (χ0) is 15.7. The summed E-state index contributed by atoms with van der Waals surface area (Å²) in [6, 6.07) is -0.472. The number of amides is 3. The second-order valence-electron chi connectivity index (χ2n) is 4.48. The Morgan fingerprint density at radius 3 is 2.86 bits per heavy atom. The fraction of sp³-hybridized carbons (Fsp3) is 0.500. The van der Waals surface area contributed by atoms with E-state index in [4.69, 9.17) is 0 Å². The number of imide groups is 1. The lowest BCUT2D eigenvalue weighted by atomic mass is 10.2. The van der Waals surface area contributed by atoms with E-state index in [2.05, 4.69) is 32.7 Å². The Labute approximate surface area is 132 Å². The van der Waals surface area contributed by atoms with E-state index in [1.165, 1.54) is 23.1 Å². The number of hydrogen-bond acceptors (Lipinski definition) is 7. The lowest BCUT2D eigenvalue weighted by Crippen LogP contribution is -2.41. The van der Waals surface area contributed by atoms with Crippen molar-refractivity contribution in [1.29, 1.82) is 0 Å². The lowest BCUT2D eigenvalue weighted by Gasteiger charge is -2.07. The van der Waals surface area contributed by atoms with E-state index in [1.54, 1.807) is 6.08 Å². The number of carbonyl (C=O) groups excluding carboxylic acids is 2. The summed E-state index contributed by atoms with van der Waals surface area (Å²) in [5.41, 5.74) is 0. The Hall–Kier alpha value is -1.61. The Bertz CT molecular complexity index is 490. The highest BCUT2D eigenvalue weighted by atomic mass is 32.2. The maximum absolute atomic E-state index is 11.6. The molecule has 0 fully saturated rings. The van der Waals surface area contributed by atoms with Crippen molar-refractivity contribution in [3.63, 3.8) is 0 Å². The topological polar surface area (TPSA) is 96.0 Å². The predicted octanol–water partition coefficient (Wildman–Crippen LogP) is 1.71. The fourth-order valence-corrected chi connectivity index (χ4v) is 2.69. The van der Waals surface area contributed by atoms with E-state index in [0.717, 1.165) is 0 Å². The maximum Gasteiger partial charge on any atom is 0.321 e. The largest absolute Gasteiger partial charge is 0.357 e. The monoisotopic (exact) mass is 329 g/mol. The van der Waals surface area contributed by atoms with E-state index in [9.17, 15) is 9.59 Å². The summed E-state index contributed by atoms with van der Waals surface area (Å²) in [4.78, 5) is 23.0. The molecule has 7 nitrogen and oxygen atoms in total. The number of hydrogen-bond donors (Lipinski definition) is 3. The van der Waals surface area contributed by atoms with Crippen LogP contribution < -0.4 is 16.0 Å². The number of urea groups is 1. The zero-order valence-corrected chi connectivity index (χ0v) is 13.6. The minimum atomic E-state index is -0.472. The van der Waals surface area contributed by atoms with Gasteiger partial charge in [-0.3, -0.25) is 10.1 Å². The molecule has 1 heterocycles. The molecule has 0 aromatic carbocycles. The van der Waals surface area contributed by atoms with Gasteiger partial charge in [0.1, 0.15) is 0 Å². The zero-order valence-electron chi connectivity index (χ0n) is 12.0. The molecule has 0 radical (unpaired) electrons. The Morgan fingerprint density at radius 1 is 1.43 bits per heavy atom. The van der Waals surface area contributed by atoms with Crippen LogP contribution in [0.15, 0.2) is 17.0 Å². The molecule has 21 heavy (non-hydrogen) atoms. The van der Waals surface area contributed by atoms with Crippen LogP contribution in [0.5, 0.6) is 0 Å². The van der Waals surface area contributed by atoms with Crippen molar-refractivity contribution >= 4 is 40.2 Å². The molecule has 3 amide bonds. The molecule has 0 bridgehead atoms. The Kier molecular flexibility index (Phi) is 7.76. The molecule has 0 aliphatic heterocycles. The summed E-state index contributed by atoms with van der Waals surface area (Å²) in [6.07, 6.45) is 1.72. The molecule has 116 valence electrons. The molecule has 0 aliphatic rings. The fourth-order valence-electron chi connectivity index (χ4n) is 1.13. The normalized spacial score (nSPS) is 10.2. The van der Waals surface area contributed by atoms with Gasteiger partial charge in [-0.25, -0.2) is 4.79 Å². The average molecular weight is 329 g/mol. The number of aromatic nitrogens is 2. The number of thioether (sulfide) groups is 1. The standard InChI is InChI=1S/C12H19N5O2S2/c1-4-5-13-11-16-17-12(21-11)20-7-9(18)15-10(19)14-6-8(2)3/h4,8H,1,5-7H2,2-3H3,(H,13,16)(H2,14,15,18,19). The summed E-state index contributed by atoms with van der Waals surface area (Å²) < 4.78 is 0.666. The van der Waals surface area contributed by atoms with Crippen molar-refractivity contribution in [2.24, 2.45) is 5.92 Å². The highest BCUT2D eigenvalue weighted by Crippen LogP contribution is 2.24. The third-order valence-electron chi connectivity index (χ3n) is 2.05. The van der Waals surface area contributed by atoms with Gasteiger partial charge in [-0.2, -0.15) is 0 Å². The van der Waals surface area contributed by atoms with E-state index in [0.29, 0.717) is 28.5 Å². The molecule has 0 atom stereocenters. The maximum atomic E-state index is 11.6. The number of nitrogens with one attached hydrogen (secondary N) is 3. The third kappa shape index (κ3) is 7.66. The molecule has 0 unspecified atom stereocenters. The highest BCUT2D eigenvalue weighted by Gasteiger charge is 2.10. The summed E-state index contributed by atoms with van der Waals surface area (Å²) in [5, 5.41) is 16.4. The summed E-state index contributed by atoms with van der Waals surface area (Å²) in [5.74, 6) is 0.0886. The first-order valence-corrected chi connectivity index (χ1v) is 8.20. The Morgan fingerprint density at radius 2 is 2.19 bits per heavy atom. The van der Waals surface area contributed by atoms with Crippen LogP contribution in [0.2, 0.25) is 0 Å². The van der Waals surface area contributed by atoms with Gasteiger partial charge < -0.3 is 10.6 Å². The second kappa shape index (κ2) is 9.35. The van der Waals surface area contributed by atoms with Crippen LogP contribution in [0.25, 0.3) is 0 Å². The number of carbonyl (C=O) groups is 2. The Balaban J connectivity index is 2.27. The van der Waals surface area contributed by atoms with Crippen LogP contribution >= 0.6 is 23.1 Å². The molecule has 0 aliphatic carbocycles. The van der Waals surface area contributed by atoms with E-state index >= 15 is 0 Å². The smallest absolute Gasteiger partial charge is 0.321 e. The van der Waals surface area contributed by atoms with Gasteiger partial charge in [0.15, 0.2) is 4.34 Å². The first-order chi connectivity index (χ1) is 10.0. The molecule has 1 rings (SSSR count).